The van der Waals surface area contributed by atoms with Crippen molar-refractivity contribution in [3.05, 3.63) is 72.4 Å². The highest BCUT2D eigenvalue weighted by Crippen LogP contribution is 2.28. The number of carbonyl (C=O) groups excluding carboxylic acids is 1. The SMILES string of the molecule is COC(=O)[C@@H]1C[C@@H](O)CN1Cc1cn(-c2ccccc2)nc1-c1ccccc1. The summed E-state index contributed by atoms with van der Waals surface area (Å²) in [4.78, 5) is 14.1. The van der Waals surface area contributed by atoms with Crippen LogP contribution in [0.3, 0.4) is 0 Å². The van der Waals surface area contributed by atoms with E-state index < -0.39 is 12.1 Å². The Morgan fingerprint density at radius 2 is 1.82 bits per heavy atom. The van der Waals surface area contributed by atoms with Crippen molar-refractivity contribution in [2.24, 2.45) is 0 Å². The number of ether oxygens (including phenoxy) is 1. The number of β-amino-alcohol motifs (C(OH)–C–C–N with tert-alkyl or cyclic N) is 1. The normalized spacial score (nSPS) is 19.6. The predicted octanol–water partition coefficient (Wildman–Crippen LogP) is 2.65. The maximum Gasteiger partial charge on any atom is 0.323 e. The van der Waals surface area contributed by atoms with Crippen LogP contribution in [0.1, 0.15) is 12.0 Å². The molecule has 0 amide bonds. The number of aliphatic hydroxyl groups excluding tert-OH is 1. The van der Waals surface area contributed by atoms with Crippen molar-refractivity contribution in [1.82, 2.24) is 14.7 Å². The van der Waals surface area contributed by atoms with Gasteiger partial charge < -0.3 is 9.84 Å². The highest BCUT2D eigenvalue weighted by molar-refractivity contribution is 5.76. The molecule has 4 rings (SSSR count). The van der Waals surface area contributed by atoms with Crippen molar-refractivity contribution < 1.29 is 14.6 Å². The second-order valence-electron chi connectivity index (χ2n) is 7.01. The molecule has 1 aromatic heterocycles. The monoisotopic (exact) mass is 377 g/mol. The number of aliphatic hydroxyl groups is 1. The number of para-hydroxylation sites is 1. The molecule has 3 aromatic rings. The number of rotatable bonds is 5. The first-order valence-electron chi connectivity index (χ1n) is 9.35. The molecule has 1 fully saturated rings. The largest absolute Gasteiger partial charge is 0.468 e. The van der Waals surface area contributed by atoms with Crippen LogP contribution >= 0.6 is 0 Å². The molecule has 0 spiro atoms. The van der Waals surface area contributed by atoms with Crippen molar-refractivity contribution in [2.45, 2.75) is 25.1 Å². The van der Waals surface area contributed by atoms with Crippen molar-refractivity contribution in [1.29, 1.82) is 0 Å². The highest BCUT2D eigenvalue weighted by Gasteiger charge is 2.37. The van der Waals surface area contributed by atoms with E-state index in [4.69, 9.17) is 9.84 Å². The first kappa shape index (κ1) is 18.4. The van der Waals surface area contributed by atoms with Crippen LogP contribution in [0.5, 0.6) is 0 Å². The summed E-state index contributed by atoms with van der Waals surface area (Å²) in [6, 6.07) is 19.5. The number of carbonyl (C=O) groups is 1. The van der Waals surface area contributed by atoms with Gasteiger partial charge in [0.25, 0.3) is 0 Å². The van der Waals surface area contributed by atoms with Gasteiger partial charge in [0, 0.05) is 36.8 Å². The minimum Gasteiger partial charge on any atom is -0.468 e. The third-order valence-corrected chi connectivity index (χ3v) is 5.09. The summed E-state index contributed by atoms with van der Waals surface area (Å²) in [5.41, 5.74) is 3.85. The molecule has 1 N–H and O–H groups in total. The molecule has 0 unspecified atom stereocenters. The van der Waals surface area contributed by atoms with E-state index in [9.17, 15) is 9.90 Å². The standard InChI is InChI=1S/C22H23N3O3/c1-28-22(27)20-12-19(26)15-24(20)13-17-14-25(18-10-6-3-7-11-18)23-21(17)16-8-4-2-5-9-16/h2-11,14,19-20,26H,12-13,15H2,1H3/t19-,20+/m1/s1. The van der Waals surface area contributed by atoms with Crippen LogP contribution in [0, 0.1) is 0 Å². The first-order chi connectivity index (χ1) is 13.7. The summed E-state index contributed by atoms with van der Waals surface area (Å²) in [6.07, 6.45) is 1.85. The number of likely N-dealkylation sites (tertiary alicyclic amines) is 1. The van der Waals surface area contributed by atoms with Crippen molar-refractivity contribution in [2.75, 3.05) is 13.7 Å². The Kier molecular flexibility index (Phi) is 5.23. The summed E-state index contributed by atoms with van der Waals surface area (Å²) in [5.74, 6) is -0.312. The van der Waals surface area contributed by atoms with E-state index >= 15 is 0 Å². The lowest BCUT2D eigenvalue weighted by Crippen LogP contribution is -2.36. The quantitative estimate of drug-likeness (QED) is 0.693. The predicted molar refractivity (Wildman–Crippen MR) is 106 cm³/mol. The Bertz CT molecular complexity index is 940. The molecule has 6 heteroatoms. The number of hydrogen-bond donors (Lipinski definition) is 1. The fraction of sp³-hybridized carbons (Fsp3) is 0.273. The minimum atomic E-state index is -0.534. The van der Waals surface area contributed by atoms with Crippen LogP contribution in [-0.4, -0.2) is 51.6 Å². The topological polar surface area (TPSA) is 67.6 Å². The van der Waals surface area contributed by atoms with Gasteiger partial charge >= 0.3 is 5.97 Å². The van der Waals surface area contributed by atoms with Crippen LogP contribution in [0.2, 0.25) is 0 Å². The fourth-order valence-corrected chi connectivity index (χ4v) is 3.73. The Labute approximate surface area is 164 Å². The van der Waals surface area contributed by atoms with Gasteiger partial charge in [-0.1, -0.05) is 48.5 Å². The van der Waals surface area contributed by atoms with Crippen LogP contribution in [0.15, 0.2) is 66.9 Å². The molecule has 1 saturated heterocycles. The van der Waals surface area contributed by atoms with Gasteiger partial charge in [0.05, 0.1) is 24.6 Å². The van der Waals surface area contributed by atoms with E-state index in [0.29, 0.717) is 19.5 Å². The summed E-state index contributed by atoms with van der Waals surface area (Å²) in [5, 5.41) is 14.9. The summed E-state index contributed by atoms with van der Waals surface area (Å²) in [7, 11) is 1.38. The average molecular weight is 377 g/mol. The average Bonchev–Trinajstić information content (AvgIpc) is 3.32. The Morgan fingerprint density at radius 1 is 1.14 bits per heavy atom. The summed E-state index contributed by atoms with van der Waals surface area (Å²) >= 11 is 0. The van der Waals surface area contributed by atoms with Gasteiger partial charge in [-0.05, 0) is 12.1 Å². The molecule has 6 nitrogen and oxygen atoms in total. The number of nitrogens with zero attached hydrogens (tertiary/aromatic N) is 3. The molecule has 1 aliphatic rings. The van der Waals surface area contributed by atoms with Gasteiger partial charge in [0.15, 0.2) is 0 Å². The van der Waals surface area contributed by atoms with Crippen LogP contribution in [0.25, 0.3) is 16.9 Å². The first-order valence-corrected chi connectivity index (χ1v) is 9.35. The van der Waals surface area contributed by atoms with E-state index in [-0.39, 0.29) is 5.97 Å². The lowest BCUT2D eigenvalue weighted by Gasteiger charge is -2.21. The van der Waals surface area contributed by atoms with E-state index in [2.05, 4.69) is 0 Å². The van der Waals surface area contributed by atoms with E-state index in [1.165, 1.54) is 7.11 Å². The number of methoxy groups -OCH3 is 1. The minimum absolute atomic E-state index is 0.312. The molecule has 2 heterocycles. The highest BCUT2D eigenvalue weighted by atomic mass is 16.5. The zero-order valence-electron chi connectivity index (χ0n) is 15.7. The zero-order chi connectivity index (χ0) is 19.5. The third kappa shape index (κ3) is 3.69. The number of hydrogen-bond acceptors (Lipinski definition) is 5. The van der Waals surface area contributed by atoms with E-state index in [1.54, 1.807) is 0 Å². The molecule has 0 bridgehead atoms. The molecule has 2 atom stereocenters. The molecule has 144 valence electrons. The molecule has 1 aliphatic heterocycles. The lowest BCUT2D eigenvalue weighted by atomic mass is 10.1. The van der Waals surface area contributed by atoms with Gasteiger partial charge in [-0.15, -0.1) is 0 Å². The maximum absolute atomic E-state index is 12.1. The number of benzene rings is 2. The molecule has 0 saturated carbocycles. The van der Waals surface area contributed by atoms with Crippen molar-refractivity contribution in [3.63, 3.8) is 0 Å². The molecule has 0 aliphatic carbocycles. The van der Waals surface area contributed by atoms with Crippen molar-refractivity contribution in [3.8, 4) is 16.9 Å². The molecule has 2 aromatic carbocycles. The molecule has 0 radical (unpaired) electrons. The van der Waals surface area contributed by atoms with Crippen molar-refractivity contribution >= 4 is 5.97 Å². The van der Waals surface area contributed by atoms with Crippen LogP contribution < -0.4 is 0 Å². The maximum atomic E-state index is 12.1. The Hall–Kier alpha value is -2.96. The molecular weight excluding hydrogens is 354 g/mol. The van der Waals surface area contributed by atoms with E-state index in [0.717, 1.165) is 22.5 Å². The van der Waals surface area contributed by atoms with Crippen LogP contribution in [-0.2, 0) is 16.1 Å². The fourth-order valence-electron chi connectivity index (χ4n) is 3.73. The van der Waals surface area contributed by atoms with E-state index in [1.807, 2.05) is 76.4 Å². The van der Waals surface area contributed by atoms with Gasteiger partial charge in [0.1, 0.15) is 6.04 Å². The zero-order valence-corrected chi connectivity index (χ0v) is 15.7. The summed E-state index contributed by atoms with van der Waals surface area (Å²) in [6.45, 7) is 0.943. The second kappa shape index (κ2) is 7.96. The molecular formula is C22H23N3O3. The lowest BCUT2D eigenvalue weighted by molar-refractivity contribution is -0.146. The van der Waals surface area contributed by atoms with Gasteiger partial charge in [-0.3, -0.25) is 9.69 Å². The third-order valence-electron chi connectivity index (χ3n) is 5.09. The smallest absolute Gasteiger partial charge is 0.323 e. The number of esters is 1. The van der Waals surface area contributed by atoms with Crippen LogP contribution in [0.4, 0.5) is 0 Å². The van der Waals surface area contributed by atoms with Gasteiger partial charge in [0.2, 0.25) is 0 Å². The Balaban J connectivity index is 1.71. The number of aromatic nitrogens is 2. The summed E-state index contributed by atoms with van der Waals surface area (Å²) < 4.78 is 6.79. The van der Waals surface area contributed by atoms with Gasteiger partial charge in [-0.2, -0.15) is 5.10 Å². The van der Waals surface area contributed by atoms with Gasteiger partial charge in [-0.25, -0.2) is 4.68 Å². The second-order valence-corrected chi connectivity index (χ2v) is 7.01. The Morgan fingerprint density at radius 3 is 2.50 bits per heavy atom. The molecule has 28 heavy (non-hydrogen) atoms.